The molecule has 0 aliphatic heterocycles. The van der Waals surface area contributed by atoms with E-state index < -0.39 is 0 Å². The second-order valence-electron chi connectivity index (χ2n) is 16.9. The van der Waals surface area contributed by atoms with Crippen LogP contribution < -0.4 is 0 Å². The van der Waals surface area contributed by atoms with E-state index >= 15 is 0 Å². The summed E-state index contributed by atoms with van der Waals surface area (Å²) in [6, 6.07) is 81.5. The van der Waals surface area contributed by atoms with Gasteiger partial charge in [0.1, 0.15) is 0 Å². The quantitative estimate of drug-likeness (QED) is 0.152. The highest BCUT2D eigenvalue weighted by atomic mass is 32.1. The van der Waals surface area contributed by atoms with E-state index in [1.807, 2.05) is 6.07 Å². The molecule has 0 bridgehead atoms. The first-order chi connectivity index (χ1) is 33.7. The van der Waals surface area contributed by atoms with Crippen molar-refractivity contribution in [3.05, 3.63) is 231 Å². The summed E-state index contributed by atoms with van der Waals surface area (Å²) in [5.41, 5.74) is 16.9. The zero-order valence-electron chi connectivity index (χ0n) is 36.5. The van der Waals surface area contributed by atoms with Gasteiger partial charge in [-0.1, -0.05) is 212 Å². The third kappa shape index (κ3) is 7.06. The predicted octanol–water partition coefficient (Wildman–Crippen LogP) is 17.3. The van der Waals surface area contributed by atoms with Gasteiger partial charge < -0.3 is 0 Å². The maximum atomic E-state index is 5.47. The van der Waals surface area contributed by atoms with E-state index in [9.17, 15) is 0 Å². The van der Waals surface area contributed by atoms with E-state index in [-0.39, 0.29) is 0 Å². The lowest BCUT2D eigenvalue weighted by molar-refractivity contribution is 1.24. The van der Waals surface area contributed by atoms with E-state index in [0.29, 0.717) is 11.6 Å². The molecule has 13 rings (SSSR count). The molecule has 0 aliphatic rings. The van der Waals surface area contributed by atoms with Crippen molar-refractivity contribution in [1.29, 1.82) is 0 Å². The van der Waals surface area contributed by atoms with Crippen molar-refractivity contribution in [3.8, 4) is 89.8 Å². The van der Waals surface area contributed by atoms with Crippen LogP contribution >= 0.6 is 22.7 Å². The van der Waals surface area contributed by atoms with E-state index in [1.54, 1.807) is 22.7 Å². The van der Waals surface area contributed by atoms with Gasteiger partial charge in [0.05, 0.1) is 31.8 Å². The number of nitrogens with zero attached hydrogens (tertiary/aromatic N) is 4. The van der Waals surface area contributed by atoms with Crippen molar-refractivity contribution in [3.63, 3.8) is 0 Å². The van der Waals surface area contributed by atoms with Gasteiger partial charge in [-0.25, -0.2) is 19.9 Å². The monoisotopic (exact) mass is 902 g/mol. The smallest absolute Gasteiger partial charge is 0.161 e. The molecule has 0 N–H and O–H groups in total. The summed E-state index contributed by atoms with van der Waals surface area (Å²) in [7, 11) is 0. The Labute approximate surface area is 401 Å². The van der Waals surface area contributed by atoms with Crippen molar-refractivity contribution in [2.45, 2.75) is 0 Å². The molecule has 4 heterocycles. The fourth-order valence-corrected chi connectivity index (χ4v) is 11.7. The van der Waals surface area contributed by atoms with Gasteiger partial charge >= 0.3 is 0 Å². The largest absolute Gasteiger partial charge is 0.226 e. The van der Waals surface area contributed by atoms with Gasteiger partial charge in [-0.15, -0.1) is 22.7 Å². The van der Waals surface area contributed by atoms with Crippen LogP contribution in [-0.2, 0) is 0 Å². The average molecular weight is 903 g/mol. The minimum Gasteiger partial charge on any atom is -0.226 e. The Morgan fingerprint density at radius 2 is 0.647 bits per heavy atom. The highest BCUT2D eigenvalue weighted by molar-refractivity contribution is 7.26. The molecule has 0 amide bonds. The molecule has 9 aromatic carbocycles. The summed E-state index contributed by atoms with van der Waals surface area (Å²) >= 11 is 3.51. The normalized spacial score (nSPS) is 11.5. The van der Waals surface area contributed by atoms with Gasteiger partial charge in [0, 0.05) is 42.4 Å². The van der Waals surface area contributed by atoms with Crippen LogP contribution in [0.1, 0.15) is 0 Å². The van der Waals surface area contributed by atoms with Gasteiger partial charge in [-0.3, -0.25) is 0 Å². The molecule has 0 fully saturated rings. The van der Waals surface area contributed by atoms with Crippen molar-refractivity contribution < 1.29 is 0 Å². The zero-order chi connectivity index (χ0) is 45.0. The highest BCUT2D eigenvalue weighted by Gasteiger charge is 2.21. The maximum Gasteiger partial charge on any atom is 0.161 e. The lowest BCUT2D eigenvalue weighted by atomic mass is 9.90. The minimum absolute atomic E-state index is 0.694. The first-order valence-electron chi connectivity index (χ1n) is 22.7. The first-order valence-corrected chi connectivity index (χ1v) is 24.3. The van der Waals surface area contributed by atoms with Crippen LogP contribution in [0.5, 0.6) is 0 Å². The van der Waals surface area contributed by atoms with E-state index in [1.165, 1.54) is 26.1 Å². The van der Waals surface area contributed by atoms with Crippen molar-refractivity contribution in [1.82, 2.24) is 19.9 Å². The third-order valence-corrected chi connectivity index (χ3v) is 15.1. The Morgan fingerprint density at radius 1 is 0.250 bits per heavy atom. The molecule has 0 spiro atoms. The first kappa shape index (κ1) is 39.9. The molecular weight excluding hydrogens is 865 g/mol. The topological polar surface area (TPSA) is 51.6 Å². The molecule has 318 valence electrons. The van der Waals surface area contributed by atoms with Crippen LogP contribution in [0.15, 0.2) is 231 Å². The SMILES string of the molecule is c1ccc(-c2ccc(-c3nc(-c4cccc(-c5ccccc5-c5ccccc5-c5nc(-c6ccc(-c7ccccc7)cc6)c6sc7ccccc7c6n5)c4)c4sc5ccccc5c4n3)cc2)cc1. The van der Waals surface area contributed by atoms with Crippen LogP contribution in [-0.4, -0.2) is 19.9 Å². The molecule has 0 aliphatic carbocycles. The second-order valence-corrected chi connectivity index (χ2v) is 19.0. The predicted molar refractivity (Wildman–Crippen MR) is 287 cm³/mol. The fourth-order valence-electron chi connectivity index (χ4n) is 9.43. The zero-order valence-corrected chi connectivity index (χ0v) is 38.2. The number of fused-ring (bicyclic) bond motifs is 6. The molecule has 68 heavy (non-hydrogen) atoms. The lowest BCUT2D eigenvalue weighted by Crippen LogP contribution is -1.96. The number of rotatable bonds is 8. The Morgan fingerprint density at radius 3 is 1.25 bits per heavy atom. The summed E-state index contributed by atoms with van der Waals surface area (Å²) in [4.78, 5) is 21.5. The molecule has 0 unspecified atom stereocenters. The van der Waals surface area contributed by atoms with Gasteiger partial charge in [-0.05, 0) is 62.7 Å². The third-order valence-electron chi connectivity index (χ3n) is 12.8. The van der Waals surface area contributed by atoms with E-state index in [2.05, 4.69) is 224 Å². The number of thiophene rings is 2. The summed E-state index contributed by atoms with van der Waals surface area (Å²) in [6.07, 6.45) is 0. The van der Waals surface area contributed by atoms with Crippen molar-refractivity contribution in [2.75, 3.05) is 0 Å². The lowest BCUT2D eigenvalue weighted by Gasteiger charge is -2.16. The van der Waals surface area contributed by atoms with Gasteiger partial charge in [0.2, 0.25) is 0 Å². The Hall–Kier alpha value is -8.42. The number of hydrogen-bond acceptors (Lipinski definition) is 6. The van der Waals surface area contributed by atoms with E-state index in [0.717, 1.165) is 92.7 Å². The molecule has 0 saturated carbocycles. The molecular formula is C62H38N4S2. The number of hydrogen-bond donors (Lipinski definition) is 0. The van der Waals surface area contributed by atoms with Gasteiger partial charge in [-0.2, -0.15) is 0 Å². The second kappa shape index (κ2) is 16.8. The Kier molecular flexibility index (Phi) is 9.85. The minimum atomic E-state index is 0.694. The fraction of sp³-hybridized carbons (Fsp3) is 0. The molecule has 4 aromatic heterocycles. The Bertz CT molecular complexity index is 4010. The molecule has 0 saturated heterocycles. The summed E-state index contributed by atoms with van der Waals surface area (Å²) in [5, 5.41) is 2.28. The number of benzene rings is 9. The van der Waals surface area contributed by atoms with Crippen LogP contribution in [0, 0.1) is 0 Å². The van der Waals surface area contributed by atoms with Crippen molar-refractivity contribution in [2.24, 2.45) is 0 Å². The van der Waals surface area contributed by atoms with Crippen LogP contribution in [0.25, 0.3) is 130 Å². The van der Waals surface area contributed by atoms with Crippen LogP contribution in [0.2, 0.25) is 0 Å². The average Bonchev–Trinajstić information content (AvgIpc) is 4.00. The maximum absolute atomic E-state index is 5.47. The van der Waals surface area contributed by atoms with Crippen LogP contribution in [0.4, 0.5) is 0 Å². The highest BCUT2D eigenvalue weighted by Crippen LogP contribution is 2.44. The molecule has 13 aromatic rings. The van der Waals surface area contributed by atoms with Gasteiger partial charge in [0.25, 0.3) is 0 Å². The van der Waals surface area contributed by atoms with E-state index in [4.69, 9.17) is 19.9 Å². The summed E-state index contributed by atoms with van der Waals surface area (Å²) in [5.74, 6) is 1.40. The molecule has 6 heteroatoms. The Balaban J connectivity index is 0.936. The number of aromatic nitrogens is 4. The van der Waals surface area contributed by atoms with Crippen LogP contribution in [0.3, 0.4) is 0 Å². The van der Waals surface area contributed by atoms with Crippen molar-refractivity contribution >= 4 is 63.3 Å². The van der Waals surface area contributed by atoms with Gasteiger partial charge in [0.15, 0.2) is 11.6 Å². The summed E-state index contributed by atoms with van der Waals surface area (Å²) < 4.78 is 4.54. The summed E-state index contributed by atoms with van der Waals surface area (Å²) in [6.45, 7) is 0. The molecule has 0 radical (unpaired) electrons. The standard InChI is InChI=1S/C62H38N4S2/c1-3-16-39(17-4-1)41-30-34-43(35-31-41)55-59-58(52-27-12-14-29-54(52)67-59)66-62(64-55)50-25-10-9-24-49(50)48-23-8-7-22-47(48)45-20-15-21-46(38-45)56-60-57(51-26-11-13-28-53(51)68-60)65-61(63-56)44-36-32-42(33-37-44)40-18-5-2-6-19-40/h1-38H. The molecule has 0 atom stereocenters. The molecule has 4 nitrogen and oxygen atoms in total.